The molecule has 24 heavy (non-hydrogen) atoms. The van der Waals surface area contributed by atoms with Crippen molar-refractivity contribution in [3.05, 3.63) is 34.5 Å². The Morgan fingerprint density at radius 3 is 2.71 bits per heavy atom. The second-order valence-corrected chi connectivity index (χ2v) is 7.04. The highest BCUT2D eigenvalue weighted by atomic mass is 32.1. The van der Waals surface area contributed by atoms with Crippen molar-refractivity contribution in [2.24, 2.45) is 5.73 Å². The number of imidazole rings is 1. The Hall–Kier alpha value is -2.05. The van der Waals surface area contributed by atoms with Crippen molar-refractivity contribution in [2.45, 2.75) is 32.2 Å². The molecule has 0 radical (unpaired) electrons. The van der Waals surface area contributed by atoms with Crippen molar-refractivity contribution in [1.29, 1.82) is 0 Å². The molecular weight excluding hydrogens is 322 g/mol. The molecular formula is C18H21N3O2S. The molecule has 0 saturated carbocycles. The van der Waals surface area contributed by atoms with Crippen LogP contribution >= 0.6 is 11.3 Å². The van der Waals surface area contributed by atoms with E-state index in [0.29, 0.717) is 18.0 Å². The molecule has 6 heteroatoms. The first kappa shape index (κ1) is 15.5. The van der Waals surface area contributed by atoms with Crippen LogP contribution in [-0.4, -0.2) is 23.6 Å². The van der Waals surface area contributed by atoms with Gasteiger partial charge in [0.15, 0.2) is 16.5 Å². The molecule has 0 amide bonds. The van der Waals surface area contributed by atoms with Gasteiger partial charge >= 0.3 is 0 Å². The van der Waals surface area contributed by atoms with Crippen molar-refractivity contribution in [3.8, 4) is 22.8 Å². The number of methoxy groups -OCH3 is 2. The maximum atomic E-state index is 6.11. The van der Waals surface area contributed by atoms with Gasteiger partial charge in [0.1, 0.15) is 0 Å². The van der Waals surface area contributed by atoms with Crippen LogP contribution in [0.15, 0.2) is 18.2 Å². The SMILES string of the molecule is COc1ccc(-c2nc3sc4c(n3c2CN)CCCC4)cc1OC. The minimum absolute atomic E-state index is 0.466. The lowest BCUT2D eigenvalue weighted by Gasteiger charge is -2.13. The zero-order valence-electron chi connectivity index (χ0n) is 14.0. The van der Waals surface area contributed by atoms with Crippen LogP contribution in [0, 0.1) is 0 Å². The largest absolute Gasteiger partial charge is 0.493 e. The van der Waals surface area contributed by atoms with Crippen LogP contribution in [0.1, 0.15) is 29.1 Å². The molecule has 0 aliphatic heterocycles. The third-order valence-corrected chi connectivity index (χ3v) is 5.81. The van der Waals surface area contributed by atoms with E-state index in [1.807, 2.05) is 18.2 Å². The van der Waals surface area contributed by atoms with Crippen LogP contribution < -0.4 is 15.2 Å². The second kappa shape index (κ2) is 6.11. The highest BCUT2D eigenvalue weighted by Gasteiger charge is 2.23. The number of benzene rings is 1. The number of nitrogens with zero attached hydrogens (tertiary/aromatic N) is 2. The highest BCUT2D eigenvalue weighted by molar-refractivity contribution is 7.17. The van der Waals surface area contributed by atoms with Crippen molar-refractivity contribution >= 4 is 16.3 Å². The molecule has 1 aliphatic rings. The van der Waals surface area contributed by atoms with Crippen molar-refractivity contribution in [2.75, 3.05) is 14.2 Å². The first-order valence-electron chi connectivity index (χ1n) is 8.21. The maximum Gasteiger partial charge on any atom is 0.194 e. The zero-order chi connectivity index (χ0) is 16.7. The third-order valence-electron chi connectivity index (χ3n) is 4.67. The fourth-order valence-corrected chi connectivity index (χ4v) is 4.73. The molecule has 2 heterocycles. The number of ether oxygens (including phenoxy) is 2. The van der Waals surface area contributed by atoms with E-state index in [9.17, 15) is 0 Å². The first-order valence-corrected chi connectivity index (χ1v) is 9.02. The number of rotatable bonds is 4. The molecule has 0 unspecified atom stereocenters. The second-order valence-electron chi connectivity index (χ2n) is 5.98. The fourth-order valence-electron chi connectivity index (χ4n) is 3.50. The van der Waals surface area contributed by atoms with Gasteiger partial charge in [0, 0.05) is 22.7 Å². The summed E-state index contributed by atoms with van der Waals surface area (Å²) < 4.78 is 13.0. The molecule has 0 bridgehead atoms. The Kier molecular flexibility index (Phi) is 3.94. The van der Waals surface area contributed by atoms with Gasteiger partial charge in [0.2, 0.25) is 0 Å². The predicted molar refractivity (Wildman–Crippen MR) is 96.1 cm³/mol. The summed E-state index contributed by atoms with van der Waals surface area (Å²) in [7, 11) is 3.29. The minimum Gasteiger partial charge on any atom is -0.493 e. The monoisotopic (exact) mass is 343 g/mol. The molecule has 0 atom stereocenters. The van der Waals surface area contributed by atoms with Gasteiger partial charge in [0.25, 0.3) is 0 Å². The van der Waals surface area contributed by atoms with E-state index in [2.05, 4.69) is 4.40 Å². The van der Waals surface area contributed by atoms with E-state index in [1.54, 1.807) is 25.6 Å². The molecule has 0 saturated heterocycles. The lowest BCUT2D eigenvalue weighted by molar-refractivity contribution is 0.355. The minimum atomic E-state index is 0.466. The Bertz CT molecular complexity index is 897. The van der Waals surface area contributed by atoms with Gasteiger partial charge in [-0.05, 0) is 43.9 Å². The van der Waals surface area contributed by atoms with Gasteiger partial charge in [-0.2, -0.15) is 0 Å². The first-order chi connectivity index (χ1) is 11.8. The standard InChI is InChI=1S/C18H21N3O2S/c1-22-14-8-7-11(9-15(14)23-2)17-13(10-19)21-12-5-3-4-6-16(12)24-18(21)20-17/h7-9H,3-6,10,19H2,1-2H3. The van der Waals surface area contributed by atoms with Crippen LogP contribution in [0.3, 0.4) is 0 Å². The van der Waals surface area contributed by atoms with Crippen molar-refractivity contribution in [3.63, 3.8) is 0 Å². The molecule has 1 aliphatic carbocycles. The third kappa shape index (κ3) is 2.29. The number of fused-ring (bicyclic) bond motifs is 3. The summed E-state index contributed by atoms with van der Waals surface area (Å²) in [4.78, 5) is 7.41. The Labute approximate surface area is 145 Å². The van der Waals surface area contributed by atoms with Gasteiger partial charge in [-0.1, -0.05) is 0 Å². The van der Waals surface area contributed by atoms with Gasteiger partial charge < -0.3 is 15.2 Å². The highest BCUT2D eigenvalue weighted by Crippen LogP contribution is 2.37. The zero-order valence-corrected chi connectivity index (χ0v) is 14.8. The van der Waals surface area contributed by atoms with Crippen molar-refractivity contribution < 1.29 is 9.47 Å². The molecule has 1 aromatic carbocycles. The molecule has 2 aromatic heterocycles. The normalized spacial score (nSPS) is 14.0. The van der Waals surface area contributed by atoms with Crippen molar-refractivity contribution in [1.82, 2.24) is 9.38 Å². The topological polar surface area (TPSA) is 61.8 Å². The van der Waals surface area contributed by atoms with E-state index in [4.69, 9.17) is 20.2 Å². The van der Waals surface area contributed by atoms with E-state index in [1.165, 1.54) is 29.8 Å². The summed E-state index contributed by atoms with van der Waals surface area (Å²) in [6, 6.07) is 5.90. The lowest BCUT2D eigenvalue weighted by atomic mass is 10.0. The predicted octanol–water partition coefficient (Wildman–Crippen LogP) is 3.42. The van der Waals surface area contributed by atoms with Crippen LogP contribution in [-0.2, 0) is 19.4 Å². The molecule has 5 nitrogen and oxygen atoms in total. The average Bonchev–Trinajstić information content (AvgIpc) is 3.16. The number of hydrogen-bond donors (Lipinski definition) is 1. The number of aromatic nitrogens is 2. The summed E-state index contributed by atoms with van der Waals surface area (Å²) in [5.74, 6) is 1.42. The van der Waals surface area contributed by atoms with Crippen LogP contribution in [0.25, 0.3) is 16.2 Å². The Morgan fingerprint density at radius 2 is 1.96 bits per heavy atom. The molecule has 3 aromatic rings. The summed E-state index contributed by atoms with van der Waals surface area (Å²) in [5.41, 5.74) is 10.5. The van der Waals surface area contributed by atoms with Gasteiger partial charge in [0.05, 0.1) is 25.6 Å². The Balaban J connectivity index is 1.89. The average molecular weight is 343 g/mol. The summed E-state index contributed by atoms with van der Waals surface area (Å²) in [5, 5.41) is 0. The molecule has 126 valence electrons. The number of thiazole rings is 1. The quantitative estimate of drug-likeness (QED) is 0.788. The van der Waals surface area contributed by atoms with Gasteiger partial charge in [-0.25, -0.2) is 4.98 Å². The van der Waals surface area contributed by atoms with Crippen LogP contribution in [0.5, 0.6) is 11.5 Å². The van der Waals surface area contributed by atoms with E-state index >= 15 is 0 Å². The lowest BCUT2D eigenvalue weighted by Crippen LogP contribution is -2.08. The van der Waals surface area contributed by atoms with Gasteiger partial charge in [-0.3, -0.25) is 4.40 Å². The fraction of sp³-hybridized carbons (Fsp3) is 0.389. The molecule has 0 fully saturated rings. The van der Waals surface area contributed by atoms with Gasteiger partial charge in [-0.15, -0.1) is 11.3 Å². The number of hydrogen-bond acceptors (Lipinski definition) is 5. The molecule has 2 N–H and O–H groups in total. The van der Waals surface area contributed by atoms with E-state index in [0.717, 1.165) is 28.3 Å². The van der Waals surface area contributed by atoms with Crippen LogP contribution in [0.4, 0.5) is 0 Å². The smallest absolute Gasteiger partial charge is 0.194 e. The number of nitrogens with two attached hydrogens (primary N) is 1. The summed E-state index contributed by atoms with van der Waals surface area (Å²) in [6.07, 6.45) is 4.80. The molecule has 4 rings (SSSR count). The number of aryl methyl sites for hydroxylation is 2. The Morgan fingerprint density at radius 1 is 1.17 bits per heavy atom. The van der Waals surface area contributed by atoms with Crippen LogP contribution in [0.2, 0.25) is 0 Å². The van der Waals surface area contributed by atoms with E-state index in [-0.39, 0.29) is 0 Å². The molecule has 0 spiro atoms. The summed E-state index contributed by atoms with van der Waals surface area (Å²) >= 11 is 1.80. The summed E-state index contributed by atoms with van der Waals surface area (Å²) in [6.45, 7) is 0.466. The maximum absolute atomic E-state index is 6.11. The van der Waals surface area contributed by atoms with E-state index < -0.39 is 0 Å².